The van der Waals surface area contributed by atoms with E-state index in [0.29, 0.717) is 6.42 Å². The molecular formula is C19H17BrN2O2S. The summed E-state index contributed by atoms with van der Waals surface area (Å²) in [6.07, 6.45) is 1.58. The highest BCUT2D eigenvalue weighted by atomic mass is 79.9. The molecule has 0 amide bonds. The number of aliphatic carboxylic acids is 1. The number of para-hydroxylation sites is 1. The van der Waals surface area contributed by atoms with Crippen molar-refractivity contribution < 1.29 is 9.90 Å². The summed E-state index contributed by atoms with van der Waals surface area (Å²) in [5.74, 6) is -0.751. The maximum absolute atomic E-state index is 11.7. The number of carboxylic acid groups (broad SMARTS) is 1. The van der Waals surface area contributed by atoms with Gasteiger partial charge in [-0.15, -0.1) is 11.3 Å². The van der Waals surface area contributed by atoms with Gasteiger partial charge in [0.1, 0.15) is 6.04 Å². The Hall–Kier alpha value is -1.76. The number of carboxylic acids is 1. The molecule has 0 radical (unpaired) electrons. The van der Waals surface area contributed by atoms with Gasteiger partial charge in [0.15, 0.2) is 0 Å². The van der Waals surface area contributed by atoms with Gasteiger partial charge in [0.2, 0.25) is 0 Å². The van der Waals surface area contributed by atoms with Crippen molar-refractivity contribution >= 4 is 44.1 Å². The Labute approximate surface area is 158 Å². The zero-order valence-electron chi connectivity index (χ0n) is 13.4. The van der Waals surface area contributed by atoms with Gasteiger partial charge in [0, 0.05) is 16.8 Å². The Morgan fingerprint density at radius 1 is 1.24 bits per heavy atom. The van der Waals surface area contributed by atoms with E-state index in [-0.39, 0.29) is 6.04 Å². The maximum Gasteiger partial charge on any atom is 0.320 e. The molecule has 128 valence electrons. The summed E-state index contributed by atoms with van der Waals surface area (Å²) in [4.78, 5) is 19.8. The quantitative estimate of drug-likeness (QED) is 0.669. The normalized spacial score (nSPS) is 19.3. The predicted octanol–water partition coefficient (Wildman–Crippen LogP) is 4.70. The van der Waals surface area contributed by atoms with Crippen LogP contribution in [0.25, 0.3) is 10.9 Å². The second-order valence-corrected chi connectivity index (χ2v) is 8.70. The number of pyridine rings is 1. The van der Waals surface area contributed by atoms with Gasteiger partial charge in [-0.05, 0) is 53.0 Å². The molecule has 0 saturated carbocycles. The minimum absolute atomic E-state index is 0.135. The van der Waals surface area contributed by atoms with E-state index in [9.17, 15) is 9.90 Å². The standard InChI is InChI=1S/C19H17BrN2O2S/c20-17-10-9-16(25-17)18(22-11-3-6-15(22)19(23)24)14-8-7-12-4-1-2-5-13(12)21-14/h1-2,4-5,7-10,15,18H,3,6,11H2,(H,23,24). The van der Waals surface area contributed by atoms with E-state index in [1.165, 1.54) is 0 Å². The van der Waals surface area contributed by atoms with Gasteiger partial charge in [0.25, 0.3) is 0 Å². The lowest BCUT2D eigenvalue weighted by Gasteiger charge is -2.30. The fourth-order valence-electron chi connectivity index (χ4n) is 3.55. The number of benzene rings is 1. The minimum Gasteiger partial charge on any atom is -0.480 e. The number of hydrogen-bond donors (Lipinski definition) is 1. The second kappa shape index (κ2) is 6.86. The molecular weight excluding hydrogens is 400 g/mol. The van der Waals surface area contributed by atoms with Crippen LogP contribution in [0.3, 0.4) is 0 Å². The van der Waals surface area contributed by atoms with Gasteiger partial charge >= 0.3 is 5.97 Å². The molecule has 1 fully saturated rings. The Morgan fingerprint density at radius 3 is 2.84 bits per heavy atom. The number of halogens is 1. The molecule has 3 aromatic rings. The predicted molar refractivity (Wildman–Crippen MR) is 103 cm³/mol. The first-order valence-electron chi connectivity index (χ1n) is 8.23. The highest BCUT2D eigenvalue weighted by Gasteiger charge is 2.38. The summed E-state index contributed by atoms with van der Waals surface area (Å²) in [5.41, 5.74) is 1.84. The van der Waals surface area contributed by atoms with Gasteiger partial charge in [-0.3, -0.25) is 14.7 Å². The number of rotatable bonds is 4. The number of hydrogen-bond acceptors (Lipinski definition) is 4. The first kappa shape index (κ1) is 16.7. The molecule has 2 aromatic heterocycles. The van der Waals surface area contributed by atoms with Crippen LogP contribution >= 0.6 is 27.3 Å². The lowest BCUT2D eigenvalue weighted by molar-refractivity contribution is -0.142. The zero-order valence-corrected chi connectivity index (χ0v) is 15.8. The Bertz CT molecular complexity index is 926. The highest BCUT2D eigenvalue weighted by molar-refractivity contribution is 9.11. The summed E-state index contributed by atoms with van der Waals surface area (Å²) in [5, 5.41) is 10.7. The second-order valence-electron chi connectivity index (χ2n) is 6.21. The molecule has 0 aliphatic carbocycles. The fourth-order valence-corrected chi connectivity index (χ4v) is 5.11. The molecule has 4 rings (SSSR count). The topological polar surface area (TPSA) is 53.4 Å². The van der Waals surface area contributed by atoms with Gasteiger partial charge < -0.3 is 5.11 Å². The average Bonchev–Trinajstić information content (AvgIpc) is 3.25. The van der Waals surface area contributed by atoms with Crippen LogP contribution in [0.1, 0.15) is 29.5 Å². The van der Waals surface area contributed by atoms with E-state index in [4.69, 9.17) is 4.98 Å². The van der Waals surface area contributed by atoms with Crippen LogP contribution in [0.15, 0.2) is 52.3 Å². The molecule has 2 unspecified atom stereocenters. The van der Waals surface area contributed by atoms with Gasteiger partial charge in [-0.25, -0.2) is 0 Å². The zero-order chi connectivity index (χ0) is 17.4. The van der Waals surface area contributed by atoms with Crippen molar-refractivity contribution in [2.75, 3.05) is 6.54 Å². The highest BCUT2D eigenvalue weighted by Crippen LogP contribution is 2.39. The third kappa shape index (κ3) is 3.21. The van der Waals surface area contributed by atoms with Crippen molar-refractivity contribution in [1.29, 1.82) is 0 Å². The van der Waals surface area contributed by atoms with E-state index in [1.807, 2.05) is 36.4 Å². The van der Waals surface area contributed by atoms with E-state index in [0.717, 1.165) is 38.2 Å². The van der Waals surface area contributed by atoms with Crippen LogP contribution < -0.4 is 0 Å². The van der Waals surface area contributed by atoms with Crippen molar-refractivity contribution in [2.45, 2.75) is 24.9 Å². The number of aromatic nitrogens is 1. The molecule has 1 saturated heterocycles. The average molecular weight is 417 g/mol. The number of nitrogens with zero attached hydrogens (tertiary/aromatic N) is 2. The first-order valence-corrected chi connectivity index (χ1v) is 9.84. The molecule has 0 spiro atoms. The van der Waals surface area contributed by atoms with E-state index >= 15 is 0 Å². The summed E-state index contributed by atoms with van der Waals surface area (Å²) in [6.45, 7) is 0.770. The van der Waals surface area contributed by atoms with E-state index < -0.39 is 12.0 Å². The number of likely N-dealkylation sites (tertiary alicyclic amines) is 1. The van der Waals surface area contributed by atoms with Crippen LogP contribution in [0.5, 0.6) is 0 Å². The number of fused-ring (bicyclic) bond motifs is 1. The Morgan fingerprint density at radius 2 is 2.08 bits per heavy atom. The van der Waals surface area contributed by atoms with Crippen molar-refractivity contribution in [2.24, 2.45) is 0 Å². The van der Waals surface area contributed by atoms with Crippen molar-refractivity contribution in [3.05, 3.63) is 62.9 Å². The molecule has 1 aliphatic rings. The largest absolute Gasteiger partial charge is 0.480 e. The van der Waals surface area contributed by atoms with Gasteiger partial charge in [0.05, 0.1) is 21.0 Å². The van der Waals surface area contributed by atoms with Crippen LogP contribution in [-0.4, -0.2) is 33.5 Å². The fraction of sp³-hybridized carbons (Fsp3) is 0.263. The maximum atomic E-state index is 11.7. The summed E-state index contributed by atoms with van der Waals surface area (Å²) < 4.78 is 1.04. The van der Waals surface area contributed by atoms with E-state index in [2.05, 4.69) is 33.0 Å². The molecule has 1 aromatic carbocycles. The van der Waals surface area contributed by atoms with Crippen LogP contribution in [0.2, 0.25) is 0 Å². The summed E-state index contributed by atoms with van der Waals surface area (Å²) in [7, 11) is 0. The third-order valence-electron chi connectivity index (χ3n) is 4.67. The van der Waals surface area contributed by atoms with Crippen molar-refractivity contribution in [1.82, 2.24) is 9.88 Å². The Kier molecular flexibility index (Phi) is 4.58. The monoisotopic (exact) mass is 416 g/mol. The summed E-state index contributed by atoms with van der Waals surface area (Å²) >= 11 is 5.17. The number of thiophene rings is 1. The molecule has 6 heteroatoms. The lowest BCUT2D eigenvalue weighted by Crippen LogP contribution is -2.39. The number of carbonyl (C=O) groups is 1. The Balaban J connectivity index is 1.83. The van der Waals surface area contributed by atoms with Crippen molar-refractivity contribution in [3.8, 4) is 0 Å². The molecule has 4 nitrogen and oxygen atoms in total. The van der Waals surface area contributed by atoms with Crippen LogP contribution in [-0.2, 0) is 4.79 Å². The SMILES string of the molecule is O=C(O)C1CCCN1C(c1ccc2ccccc2n1)c1ccc(Br)s1. The van der Waals surface area contributed by atoms with Crippen molar-refractivity contribution in [3.63, 3.8) is 0 Å². The first-order chi connectivity index (χ1) is 12.1. The minimum atomic E-state index is -0.751. The van der Waals surface area contributed by atoms with Gasteiger partial charge in [-0.1, -0.05) is 24.3 Å². The molecule has 2 atom stereocenters. The van der Waals surface area contributed by atoms with Crippen LogP contribution in [0, 0.1) is 0 Å². The third-order valence-corrected chi connectivity index (χ3v) is 6.35. The molecule has 0 bridgehead atoms. The smallest absolute Gasteiger partial charge is 0.320 e. The lowest BCUT2D eigenvalue weighted by atomic mass is 10.1. The van der Waals surface area contributed by atoms with Gasteiger partial charge in [-0.2, -0.15) is 0 Å². The van der Waals surface area contributed by atoms with Crippen LogP contribution in [0.4, 0.5) is 0 Å². The molecule has 1 N–H and O–H groups in total. The molecule has 1 aliphatic heterocycles. The van der Waals surface area contributed by atoms with E-state index in [1.54, 1.807) is 11.3 Å². The molecule has 25 heavy (non-hydrogen) atoms. The summed E-state index contributed by atoms with van der Waals surface area (Å²) in [6, 6.07) is 15.6. The molecule has 3 heterocycles.